The number of non-ortho nitro benzene ring substituents is 1. The van der Waals surface area contributed by atoms with Gasteiger partial charge in [0.05, 0.1) is 10.7 Å². The molecule has 0 radical (unpaired) electrons. The van der Waals surface area contributed by atoms with Crippen molar-refractivity contribution in [3.63, 3.8) is 0 Å². The van der Waals surface area contributed by atoms with E-state index >= 15 is 0 Å². The molecular formula is C20H27N3O5S. The van der Waals surface area contributed by atoms with E-state index in [2.05, 4.69) is 23.5 Å². The first-order valence-corrected chi connectivity index (χ1v) is 11.1. The monoisotopic (exact) mass is 421 g/mol. The van der Waals surface area contributed by atoms with Gasteiger partial charge in [-0.05, 0) is 24.7 Å². The molecule has 0 saturated heterocycles. The standard InChI is InChI=1S/C20H27N3O5S/c1-3-22(4-2)13-14-28-20-8-6-5-7-18(20)15-21-29(26,27)16-17-9-11-19(12-10-17)23(24)25/h5-12,21H,3-4,13-16H2,1-2H3. The summed E-state index contributed by atoms with van der Waals surface area (Å²) in [4.78, 5) is 12.4. The van der Waals surface area contributed by atoms with E-state index in [1.54, 1.807) is 0 Å². The first-order valence-electron chi connectivity index (χ1n) is 9.48. The predicted molar refractivity (Wildman–Crippen MR) is 112 cm³/mol. The third-order valence-corrected chi connectivity index (χ3v) is 5.82. The zero-order valence-corrected chi connectivity index (χ0v) is 17.5. The SMILES string of the molecule is CCN(CC)CCOc1ccccc1CNS(=O)(=O)Cc1ccc([N+](=O)[O-])cc1. The molecule has 0 aliphatic rings. The summed E-state index contributed by atoms with van der Waals surface area (Å²) in [6.07, 6.45) is 0. The van der Waals surface area contributed by atoms with Crippen LogP contribution in [0.4, 0.5) is 5.69 Å². The van der Waals surface area contributed by atoms with Crippen LogP contribution < -0.4 is 9.46 Å². The lowest BCUT2D eigenvalue weighted by atomic mass is 10.2. The van der Waals surface area contributed by atoms with Crippen molar-refractivity contribution >= 4 is 15.7 Å². The van der Waals surface area contributed by atoms with Crippen molar-refractivity contribution in [1.29, 1.82) is 0 Å². The second kappa shape index (κ2) is 10.9. The van der Waals surface area contributed by atoms with Crippen molar-refractivity contribution in [2.24, 2.45) is 0 Å². The third kappa shape index (κ3) is 7.45. The molecule has 0 amide bonds. The number of nitrogens with zero attached hydrogens (tertiary/aromatic N) is 2. The van der Waals surface area contributed by atoms with Gasteiger partial charge in [0, 0.05) is 30.8 Å². The van der Waals surface area contributed by atoms with Gasteiger partial charge in [-0.15, -0.1) is 0 Å². The van der Waals surface area contributed by atoms with Gasteiger partial charge in [0.25, 0.3) is 5.69 Å². The van der Waals surface area contributed by atoms with Gasteiger partial charge in [0.2, 0.25) is 10.0 Å². The second-order valence-electron chi connectivity index (χ2n) is 6.49. The van der Waals surface area contributed by atoms with Gasteiger partial charge in [-0.2, -0.15) is 0 Å². The molecule has 0 aromatic heterocycles. The van der Waals surface area contributed by atoms with Crippen molar-refractivity contribution in [2.75, 3.05) is 26.2 Å². The number of benzene rings is 2. The molecule has 9 heteroatoms. The summed E-state index contributed by atoms with van der Waals surface area (Å²) >= 11 is 0. The summed E-state index contributed by atoms with van der Waals surface area (Å²) in [6.45, 7) is 7.51. The topological polar surface area (TPSA) is 102 Å². The molecule has 0 saturated carbocycles. The first-order chi connectivity index (χ1) is 13.8. The molecule has 2 aromatic rings. The van der Waals surface area contributed by atoms with Crippen LogP contribution in [0.3, 0.4) is 0 Å². The van der Waals surface area contributed by atoms with Crippen molar-refractivity contribution < 1.29 is 18.1 Å². The van der Waals surface area contributed by atoms with Crippen LogP contribution in [0.15, 0.2) is 48.5 Å². The Morgan fingerprint density at radius 3 is 2.34 bits per heavy atom. The fraction of sp³-hybridized carbons (Fsp3) is 0.400. The van der Waals surface area contributed by atoms with Crippen molar-refractivity contribution in [3.05, 3.63) is 69.8 Å². The Labute approximate surface area is 171 Å². The fourth-order valence-electron chi connectivity index (χ4n) is 2.79. The highest BCUT2D eigenvalue weighted by Crippen LogP contribution is 2.19. The molecule has 1 N–H and O–H groups in total. The number of rotatable bonds is 12. The van der Waals surface area contributed by atoms with Crippen molar-refractivity contribution in [2.45, 2.75) is 26.1 Å². The van der Waals surface area contributed by atoms with E-state index < -0.39 is 14.9 Å². The van der Waals surface area contributed by atoms with Crippen LogP contribution >= 0.6 is 0 Å². The molecular weight excluding hydrogens is 394 g/mol. The van der Waals surface area contributed by atoms with Crippen LogP contribution in [0.5, 0.6) is 5.75 Å². The smallest absolute Gasteiger partial charge is 0.269 e. The van der Waals surface area contributed by atoms with E-state index in [0.717, 1.165) is 25.2 Å². The zero-order valence-electron chi connectivity index (χ0n) is 16.7. The van der Waals surface area contributed by atoms with E-state index in [9.17, 15) is 18.5 Å². The highest BCUT2D eigenvalue weighted by atomic mass is 32.2. The summed E-state index contributed by atoms with van der Waals surface area (Å²) in [6, 6.07) is 12.8. The van der Waals surface area contributed by atoms with Crippen LogP contribution in [-0.4, -0.2) is 44.5 Å². The third-order valence-electron chi connectivity index (χ3n) is 4.52. The Balaban J connectivity index is 1.95. The summed E-state index contributed by atoms with van der Waals surface area (Å²) in [5.74, 6) is 0.397. The Hall–Kier alpha value is -2.49. The Morgan fingerprint density at radius 2 is 1.72 bits per heavy atom. The number of nitrogens with one attached hydrogen (secondary N) is 1. The molecule has 29 heavy (non-hydrogen) atoms. The molecule has 0 fully saturated rings. The van der Waals surface area contributed by atoms with Gasteiger partial charge >= 0.3 is 0 Å². The summed E-state index contributed by atoms with van der Waals surface area (Å²) in [5.41, 5.74) is 1.15. The summed E-state index contributed by atoms with van der Waals surface area (Å²) in [5, 5.41) is 10.7. The number of sulfonamides is 1. The molecule has 0 unspecified atom stereocenters. The maximum Gasteiger partial charge on any atom is 0.269 e. The minimum absolute atomic E-state index is 0.0742. The molecule has 2 rings (SSSR count). The van der Waals surface area contributed by atoms with E-state index in [-0.39, 0.29) is 18.0 Å². The fourth-order valence-corrected chi connectivity index (χ4v) is 3.90. The van der Waals surface area contributed by atoms with Crippen LogP contribution in [0.2, 0.25) is 0 Å². The zero-order chi connectivity index (χ0) is 21.3. The van der Waals surface area contributed by atoms with Gasteiger partial charge in [0.1, 0.15) is 12.4 Å². The average molecular weight is 422 g/mol. The van der Waals surface area contributed by atoms with Crippen LogP contribution in [-0.2, 0) is 22.3 Å². The molecule has 8 nitrogen and oxygen atoms in total. The van der Waals surface area contributed by atoms with Crippen LogP contribution in [0.25, 0.3) is 0 Å². The number of nitro benzene ring substituents is 1. The molecule has 0 spiro atoms. The molecule has 0 bridgehead atoms. The Morgan fingerprint density at radius 1 is 1.07 bits per heavy atom. The Kier molecular flexibility index (Phi) is 8.56. The molecule has 0 atom stereocenters. The highest BCUT2D eigenvalue weighted by Gasteiger charge is 2.14. The number of hydrogen-bond acceptors (Lipinski definition) is 6. The molecule has 0 aliphatic heterocycles. The molecule has 0 heterocycles. The summed E-state index contributed by atoms with van der Waals surface area (Å²) < 4.78 is 33.2. The maximum absolute atomic E-state index is 12.4. The van der Waals surface area contributed by atoms with Gasteiger partial charge in [0.15, 0.2) is 0 Å². The number of hydrogen-bond donors (Lipinski definition) is 1. The van der Waals surface area contributed by atoms with E-state index in [4.69, 9.17) is 4.74 Å². The lowest BCUT2D eigenvalue weighted by Gasteiger charge is -2.19. The Bertz CT molecular complexity index is 897. The van der Waals surface area contributed by atoms with Crippen LogP contribution in [0.1, 0.15) is 25.0 Å². The normalized spacial score (nSPS) is 11.6. The van der Waals surface area contributed by atoms with Gasteiger partial charge in [-0.3, -0.25) is 10.1 Å². The quantitative estimate of drug-likeness (QED) is 0.418. The predicted octanol–water partition coefficient (Wildman–Crippen LogP) is 2.94. The average Bonchev–Trinajstić information content (AvgIpc) is 2.70. The van der Waals surface area contributed by atoms with E-state index in [1.807, 2.05) is 24.3 Å². The van der Waals surface area contributed by atoms with Crippen LogP contribution in [0, 0.1) is 10.1 Å². The largest absolute Gasteiger partial charge is 0.492 e. The number of para-hydroxylation sites is 1. The number of likely N-dealkylation sites (N-methyl/N-ethyl adjacent to an activating group) is 1. The van der Waals surface area contributed by atoms with Crippen molar-refractivity contribution in [3.8, 4) is 5.75 Å². The molecule has 2 aromatic carbocycles. The molecule has 158 valence electrons. The van der Waals surface area contributed by atoms with E-state index in [0.29, 0.717) is 17.9 Å². The second-order valence-corrected chi connectivity index (χ2v) is 8.29. The van der Waals surface area contributed by atoms with Crippen molar-refractivity contribution in [1.82, 2.24) is 9.62 Å². The van der Waals surface area contributed by atoms with E-state index in [1.165, 1.54) is 24.3 Å². The lowest BCUT2D eigenvalue weighted by molar-refractivity contribution is -0.384. The first kappa shape index (κ1) is 22.8. The van der Waals surface area contributed by atoms with Gasteiger partial charge in [-0.25, -0.2) is 13.1 Å². The van der Waals surface area contributed by atoms with Gasteiger partial charge < -0.3 is 9.64 Å². The maximum atomic E-state index is 12.4. The number of nitro groups is 1. The minimum atomic E-state index is -3.61. The highest BCUT2D eigenvalue weighted by molar-refractivity contribution is 7.88. The summed E-state index contributed by atoms with van der Waals surface area (Å²) in [7, 11) is -3.61. The minimum Gasteiger partial charge on any atom is -0.492 e. The van der Waals surface area contributed by atoms with Gasteiger partial charge in [-0.1, -0.05) is 44.2 Å². The lowest BCUT2D eigenvalue weighted by Crippen LogP contribution is -2.28. The molecule has 0 aliphatic carbocycles. The number of ether oxygens (including phenoxy) is 1.